The molecule has 2 aliphatic rings. The van der Waals surface area contributed by atoms with E-state index < -0.39 is 0 Å². The predicted octanol–water partition coefficient (Wildman–Crippen LogP) is 3.07. The van der Waals surface area contributed by atoms with Crippen LogP contribution in [0.25, 0.3) is 0 Å². The fourth-order valence-corrected chi connectivity index (χ4v) is 4.60. The van der Waals surface area contributed by atoms with Crippen LogP contribution >= 0.6 is 11.3 Å². The molecule has 1 saturated carbocycles. The van der Waals surface area contributed by atoms with E-state index in [4.69, 9.17) is 0 Å². The lowest BCUT2D eigenvalue weighted by molar-refractivity contribution is -0.117. The summed E-state index contributed by atoms with van der Waals surface area (Å²) >= 11 is 1.51. The van der Waals surface area contributed by atoms with E-state index in [-0.39, 0.29) is 17.7 Å². The first-order valence-corrected chi connectivity index (χ1v) is 10.7. The first-order chi connectivity index (χ1) is 13.5. The summed E-state index contributed by atoms with van der Waals surface area (Å²) < 4.78 is 0. The predicted molar refractivity (Wildman–Crippen MR) is 111 cm³/mol. The lowest BCUT2D eigenvalue weighted by Crippen LogP contribution is -2.48. The standard InChI is InChI=1S/C21H26N4O2S/c1-14-15(2)28-20(23-19(26)17-5-6-17)18(14)21(27)25-10-8-24(9-11-25)13-16-4-3-7-22-12-16/h3-4,7,12,17H,5-6,8-11,13H2,1-2H3,(H,23,26). The molecule has 0 unspecified atom stereocenters. The first kappa shape index (κ1) is 19.1. The van der Waals surface area contributed by atoms with E-state index in [1.165, 1.54) is 16.9 Å². The number of rotatable bonds is 5. The molecule has 0 bridgehead atoms. The van der Waals surface area contributed by atoms with Crippen molar-refractivity contribution < 1.29 is 9.59 Å². The van der Waals surface area contributed by atoms with Crippen LogP contribution in [-0.2, 0) is 11.3 Å². The van der Waals surface area contributed by atoms with Gasteiger partial charge in [-0.05, 0) is 43.9 Å². The Morgan fingerprint density at radius 3 is 2.61 bits per heavy atom. The Morgan fingerprint density at radius 2 is 1.96 bits per heavy atom. The minimum absolute atomic E-state index is 0.0361. The van der Waals surface area contributed by atoms with Gasteiger partial charge >= 0.3 is 0 Å². The monoisotopic (exact) mass is 398 g/mol. The minimum Gasteiger partial charge on any atom is -0.336 e. The Morgan fingerprint density at radius 1 is 1.21 bits per heavy atom. The highest BCUT2D eigenvalue weighted by Gasteiger charge is 2.32. The van der Waals surface area contributed by atoms with Gasteiger partial charge in [-0.1, -0.05) is 6.07 Å². The van der Waals surface area contributed by atoms with Gasteiger partial charge in [0.2, 0.25) is 5.91 Å². The Hall–Kier alpha value is -2.25. The van der Waals surface area contributed by atoms with E-state index >= 15 is 0 Å². The minimum atomic E-state index is 0.0361. The molecule has 1 aliphatic carbocycles. The zero-order valence-corrected chi connectivity index (χ0v) is 17.2. The molecule has 148 valence electrons. The van der Waals surface area contributed by atoms with Gasteiger partial charge in [-0.25, -0.2) is 0 Å². The van der Waals surface area contributed by atoms with Gasteiger partial charge in [0, 0.05) is 55.9 Å². The van der Waals surface area contributed by atoms with Gasteiger partial charge in [-0.3, -0.25) is 19.5 Å². The average Bonchev–Trinajstić information content (AvgIpc) is 3.50. The second kappa shape index (κ2) is 8.01. The third-order valence-electron chi connectivity index (χ3n) is 5.57. The highest BCUT2D eigenvalue weighted by Crippen LogP contribution is 2.36. The maximum atomic E-state index is 13.2. The summed E-state index contributed by atoms with van der Waals surface area (Å²) in [5.74, 6) is 0.215. The summed E-state index contributed by atoms with van der Waals surface area (Å²) in [7, 11) is 0. The van der Waals surface area contributed by atoms with E-state index in [2.05, 4.69) is 21.3 Å². The van der Waals surface area contributed by atoms with Crippen LogP contribution in [0.4, 0.5) is 5.00 Å². The highest BCUT2D eigenvalue weighted by atomic mass is 32.1. The van der Waals surface area contributed by atoms with Crippen LogP contribution in [-0.4, -0.2) is 52.8 Å². The zero-order chi connectivity index (χ0) is 19.7. The van der Waals surface area contributed by atoms with Crippen molar-refractivity contribution in [2.45, 2.75) is 33.2 Å². The summed E-state index contributed by atoms with van der Waals surface area (Å²) in [4.78, 5) is 35.0. The van der Waals surface area contributed by atoms with Crippen LogP contribution in [0.2, 0.25) is 0 Å². The molecule has 4 rings (SSSR count). The number of thiophene rings is 1. The summed E-state index contributed by atoms with van der Waals surface area (Å²) in [6.07, 6.45) is 5.59. The zero-order valence-electron chi connectivity index (χ0n) is 16.4. The highest BCUT2D eigenvalue weighted by molar-refractivity contribution is 7.16. The Kier molecular flexibility index (Phi) is 5.46. The molecule has 2 aromatic heterocycles. The van der Waals surface area contributed by atoms with Crippen molar-refractivity contribution in [2.75, 3.05) is 31.5 Å². The van der Waals surface area contributed by atoms with Crippen LogP contribution < -0.4 is 5.32 Å². The van der Waals surface area contributed by atoms with Crippen LogP contribution in [0.3, 0.4) is 0 Å². The maximum Gasteiger partial charge on any atom is 0.257 e. The molecular formula is C21H26N4O2S. The lowest BCUT2D eigenvalue weighted by atomic mass is 10.1. The van der Waals surface area contributed by atoms with Gasteiger partial charge in [0.05, 0.1) is 5.56 Å². The molecule has 1 aliphatic heterocycles. The smallest absolute Gasteiger partial charge is 0.257 e. The molecule has 0 radical (unpaired) electrons. The van der Waals surface area contributed by atoms with E-state index in [1.54, 1.807) is 6.20 Å². The average molecular weight is 399 g/mol. The number of carbonyl (C=O) groups is 2. The molecule has 7 heteroatoms. The van der Waals surface area contributed by atoms with Gasteiger partial charge < -0.3 is 10.2 Å². The molecular weight excluding hydrogens is 372 g/mol. The van der Waals surface area contributed by atoms with Crippen molar-refractivity contribution in [2.24, 2.45) is 5.92 Å². The fraction of sp³-hybridized carbons (Fsp3) is 0.476. The van der Waals surface area contributed by atoms with Gasteiger partial charge in [0.25, 0.3) is 5.91 Å². The van der Waals surface area contributed by atoms with Crippen LogP contribution in [0.1, 0.15) is 39.2 Å². The molecule has 3 heterocycles. The molecule has 2 fully saturated rings. The fourth-order valence-electron chi connectivity index (χ4n) is 3.55. The van der Waals surface area contributed by atoms with Gasteiger partial charge in [-0.15, -0.1) is 11.3 Å². The van der Waals surface area contributed by atoms with Crippen molar-refractivity contribution in [1.29, 1.82) is 0 Å². The maximum absolute atomic E-state index is 13.2. The number of hydrogen-bond donors (Lipinski definition) is 1. The first-order valence-electron chi connectivity index (χ1n) is 9.84. The molecule has 0 aromatic carbocycles. The molecule has 6 nitrogen and oxygen atoms in total. The SMILES string of the molecule is Cc1sc(NC(=O)C2CC2)c(C(=O)N2CCN(Cc3cccnc3)CC2)c1C. The van der Waals surface area contributed by atoms with Gasteiger partial charge in [0.1, 0.15) is 5.00 Å². The number of nitrogens with zero attached hydrogens (tertiary/aromatic N) is 3. The number of aromatic nitrogens is 1. The number of amides is 2. The molecule has 2 aromatic rings. The third-order valence-corrected chi connectivity index (χ3v) is 6.70. The van der Waals surface area contributed by atoms with Crippen molar-refractivity contribution in [3.8, 4) is 0 Å². The third kappa shape index (κ3) is 4.10. The molecule has 1 N–H and O–H groups in total. The Bertz CT molecular complexity index is 868. The number of anilines is 1. The van der Waals surface area contributed by atoms with Crippen molar-refractivity contribution in [1.82, 2.24) is 14.8 Å². The van der Waals surface area contributed by atoms with Gasteiger partial charge in [-0.2, -0.15) is 0 Å². The van der Waals surface area contributed by atoms with Crippen molar-refractivity contribution in [3.05, 3.63) is 46.1 Å². The largest absolute Gasteiger partial charge is 0.336 e. The van der Waals surface area contributed by atoms with Gasteiger partial charge in [0.15, 0.2) is 0 Å². The molecule has 28 heavy (non-hydrogen) atoms. The van der Waals surface area contributed by atoms with Crippen molar-refractivity contribution >= 4 is 28.2 Å². The Labute approximate surface area is 169 Å². The summed E-state index contributed by atoms with van der Waals surface area (Å²) in [6, 6.07) is 4.03. The molecule has 0 atom stereocenters. The summed E-state index contributed by atoms with van der Waals surface area (Å²) in [5, 5.41) is 3.73. The van der Waals surface area contributed by atoms with E-state index in [0.717, 1.165) is 47.9 Å². The number of aryl methyl sites for hydroxylation is 1. The number of carbonyl (C=O) groups excluding carboxylic acids is 2. The van der Waals surface area contributed by atoms with Crippen LogP contribution in [0.5, 0.6) is 0 Å². The quantitative estimate of drug-likeness (QED) is 0.841. The summed E-state index contributed by atoms with van der Waals surface area (Å²) in [5.41, 5.74) is 2.85. The molecule has 1 saturated heterocycles. The van der Waals surface area contributed by atoms with E-state index in [1.807, 2.05) is 31.0 Å². The summed E-state index contributed by atoms with van der Waals surface area (Å²) in [6.45, 7) is 7.92. The second-order valence-electron chi connectivity index (χ2n) is 7.68. The number of pyridine rings is 1. The molecule has 0 spiro atoms. The van der Waals surface area contributed by atoms with Crippen molar-refractivity contribution in [3.63, 3.8) is 0 Å². The van der Waals surface area contributed by atoms with Crippen LogP contribution in [0.15, 0.2) is 24.5 Å². The van der Waals surface area contributed by atoms with E-state index in [9.17, 15) is 9.59 Å². The number of nitrogens with one attached hydrogen (secondary N) is 1. The second-order valence-corrected chi connectivity index (χ2v) is 8.91. The van der Waals surface area contributed by atoms with Crippen LogP contribution in [0, 0.1) is 19.8 Å². The normalized spacial score (nSPS) is 17.6. The molecule has 2 amide bonds. The topological polar surface area (TPSA) is 65.5 Å². The Balaban J connectivity index is 1.41. The number of piperazine rings is 1. The number of hydrogen-bond acceptors (Lipinski definition) is 5. The lowest BCUT2D eigenvalue weighted by Gasteiger charge is -2.35. The van der Waals surface area contributed by atoms with E-state index in [0.29, 0.717) is 18.7 Å².